The zero-order valence-corrected chi connectivity index (χ0v) is 14.8. The summed E-state index contributed by atoms with van der Waals surface area (Å²) in [4.78, 5) is 7.78. The zero-order chi connectivity index (χ0) is 17.2. The van der Waals surface area contributed by atoms with Crippen LogP contribution in [0.1, 0.15) is 5.89 Å². The van der Waals surface area contributed by atoms with Gasteiger partial charge in [-0.05, 0) is 30.3 Å². The van der Waals surface area contributed by atoms with Crippen LogP contribution in [0.2, 0.25) is 5.02 Å². The lowest BCUT2D eigenvalue weighted by Crippen LogP contribution is -1.81. The second-order valence-electron chi connectivity index (χ2n) is 5.23. The molecule has 4 aromatic rings. The number of aromatic amines is 1. The maximum atomic E-state index is 5.99. The van der Waals surface area contributed by atoms with Gasteiger partial charge < -0.3 is 14.1 Å². The molecule has 0 spiro atoms. The van der Waals surface area contributed by atoms with Crippen LogP contribution in [-0.4, -0.2) is 27.3 Å². The molecule has 0 unspecified atom stereocenters. The predicted molar refractivity (Wildman–Crippen MR) is 97.0 cm³/mol. The van der Waals surface area contributed by atoms with E-state index in [1.807, 2.05) is 30.3 Å². The van der Waals surface area contributed by atoms with E-state index in [-0.39, 0.29) is 0 Å². The molecule has 0 saturated carbocycles. The van der Waals surface area contributed by atoms with E-state index in [1.165, 1.54) is 11.8 Å². The average Bonchev–Trinajstić information content (AvgIpc) is 3.25. The third kappa shape index (κ3) is 3.47. The van der Waals surface area contributed by atoms with Crippen LogP contribution in [0, 0.1) is 0 Å². The Labute approximate surface area is 152 Å². The summed E-state index contributed by atoms with van der Waals surface area (Å²) in [6.07, 6.45) is 0. The van der Waals surface area contributed by atoms with Gasteiger partial charge in [0.2, 0.25) is 11.8 Å². The van der Waals surface area contributed by atoms with E-state index >= 15 is 0 Å². The van der Waals surface area contributed by atoms with Gasteiger partial charge in [-0.1, -0.05) is 29.4 Å². The van der Waals surface area contributed by atoms with Crippen molar-refractivity contribution in [3.8, 4) is 17.2 Å². The van der Waals surface area contributed by atoms with Crippen LogP contribution < -0.4 is 4.74 Å². The Kier molecular flexibility index (Phi) is 4.33. The van der Waals surface area contributed by atoms with Crippen molar-refractivity contribution in [2.24, 2.45) is 0 Å². The van der Waals surface area contributed by atoms with Crippen molar-refractivity contribution in [3.63, 3.8) is 0 Å². The molecule has 2 aromatic heterocycles. The number of hydrogen-bond donors (Lipinski definition) is 1. The molecule has 1 N–H and O–H groups in total. The first-order chi connectivity index (χ1) is 12.2. The van der Waals surface area contributed by atoms with Crippen LogP contribution in [0.25, 0.3) is 22.5 Å². The summed E-state index contributed by atoms with van der Waals surface area (Å²) in [6.45, 7) is 0. The van der Waals surface area contributed by atoms with E-state index < -0.39 is 0 Å². The van der Waals surface area contributed by atoms with Gasteiger partial charge in [0.05, 0.1) is 23.9 Å². The highest BCUT2D eigenvalue weighted by Crippen LogP contribution is 2.27. The smallest absolute Gasteiger partial charge is 0.247 e. The first kappa shape index (κ1) is 16.0. The van der Waals surface area contributed by atoms with Crippen LogP contribution in [0.4, 0.5) is 0 Å². The molecule has 0 fully saturated rings. The summed E-state index contributed by atoms with van der Waals surface area (Å²) in [5.74, 6) is 2.28. The number of hydrogen-bond acceptors (Lipinski definition) is 6. The molecule has 0 aliphatic carbocycles. The van der Waals surface area contributed by atoms with Crippen molar-refractivity contribution in [1.82, 2.24) is 20.2 Å². The minimum atomic E-state index is 0.451. The highest BCUT2D eigenvalue weighted by atomic mass is 35.5. The lowest BCUT2D eigenvalue weighted by atomic mass is 10.2. The van der Waals surface area contributed by atoms with E-state index in [0.29, 0.717) is 22.6 Å². The molecule has 0 saturated heterocycles. The van der Waals surface area contributed by atoms with Crippen LogP contribution in [-0.2, 0) is 5.75 Å². The van der Waals surface area contributed by atoms with Gasteiger partial charge in [-0.3, -0.25) is 0 Å². The number of thioether (sulfide) groups is 1. The van der Waals surface area contributed by atoms with E-state index in [1.54, 1.807) is 19.2 Å². The van der Waals surface area contributed by atoms with Crippen molar-refractivity contribution >= 4 is 34.4 Å². The Morgan fingerprint density at radius 3 is 2.96 bits per heavy atom. The number of imidazole rings is 1. The minimum absolute atomic E-state index is 0.451. The van der Waals surface area contributed by atoms with Crippen molar-refractivity contribution < 1.29 is 9.15 Å². The van der Waals surface area contributed by atoms with Gasteiger partial charge in [0.15, 0.2) is 5.16 Å². The molecular formula is C17H13ClN4O2S. The van der Waals surface area contributed by atoms with E-state index in [2.05, 4.69) is 20.2 Å². The van der Waals surface area contributed by atoms with Crippen molar-refractivity contribution in [3.05, 3.63) is 53.4 Å². The first-order valence-electron chi connectivity index (χ1n) is 7.46. The molecule has 0 bridgehead atoms. The molecule has 8 heteroatoms. The van der Waals surface area contributed by atoms with Gasteiger partial charge in [-0.25, -0.2) is 4.98 Å². The van der Waals surface area contributed by atoms with Crippen LogP contribution in [0.3, 0.4) is 0 Å². The Morgan fingerprint density at radius 2 is 2.12 bits per heavy atom. The number of methoxy groups -OCH3 is 1. The van der Waals surface area contributed by atoms with Gasteiger partial charge in [-0.15, -0.1) is 10.2 Å². The monoisotopic (exact) mass is 372 g/mol. The molecule has 0 radical (unpaired) electrons. The van der Waals surface area contributed by atoms with Crippen molar-refractivity contribution in [2.45, 2.75) is 10.9 Å². The fraction of sp³-hybridized carbons (Fsp3) is 0.118. The van der Waals surface area contributed by atoms with Gasteiger partial charge in [0, 0.05) is 16.7 Å². The number of fused-ring (bicyclic) bond motifs is 1. The molecule has 4 rings (SSSR count). The molecule has 126 valence electrons. The standard InChI is InChI=1S/C17H13ClN4O2S/c1-23-12-5-6-13-14(8-12)20-17(19-13)25-9-15-21-22-16(24-15)10-3-2-4-11(18)7-10/h2-8H,9H2,1H3,(H,19,20). The molecule has 0 aliphatic heterocycles. The molecule has 25 heavy (non-hydrogen) atoms. The number of benzene rings is 2. The summed E-state index contributed by atoms with van der Waals surface area (Å²) >= 11 is 7.48. The van der Waals surface area contributed by atoms with Gasteiger partial charge in [0.25, 0.3) is 0 Å². The number of ether oxygens (including phenoxy) is 1. The lowest BCUT2D eigenvalue weighted by Gasteiger charge is -1.96. The normalized spacial score (nSPS) is 11.1. The number of aromatic nitrogens is 4. The fourth-order valence-corrected chi connectivity index (χ4v) is 3.25. The Bertz CT molecular complexity index is 1030. The number of rotatable bonds is 5. The summed E-state index contributed by atoms with van der Waals surface area (Å²) in [6, 6.07) is 13.0. The summed E-state index contributed by atoms with van der Waals surface area (Å²) in [7, 11) is 1.64. The Balaban J connectivity index is 1.48. The highest BCUT2D eigenvalue weighted by Gasteiger charge is 2.11. The number of nitrogens with zero attached hydrogens (tertiary/aromatic N) is 3. The van der Waals surface area contributed by atoms with Crippen molar-refractivity contribution in [2.75, 3.05) is 7.11 Å². The van der Waals surface area contributed by atoms with E-state index in [4.69, 9.17) is 20.8 Å². The molecule has 2 aromatic carbocycles. The van der Waals surface area contributed by atoms with Crippen molar-refractivity contribution in [1.29, 1.82) is 0 Å². The molecule has 6 nitrogen and oxygen atoms in total. The molecule has 2 heterocycles. The van der Waals surface area contributed by atoms with Gasteiger partial charge in [-0.2, -0.15) is 0 Å². The molecular weight excluding hydrogens is 360 g/mol. The molecule has 0 aliphatic rings. The second-order valence-corrected chi connectivity index (χ2v) is 6.63. The van der Waals surface area contributed by atoms with E-state index in [9.17, 15) is 0 Å². The summed E-state index contributed by atoms with van der Waals surface area (Å²) < 4.78 is 10.9. The number of H-pyrrole nitrogens is 1. The maximum Gasteiger partial charge on any atom is 0.247 e. The van der Waals surface area contributed by atoms with Crippen LogP contribution >= 0.6 is 23.4 Å². The third-order valence-corrected chi connectivity index (χ3v) is 4.63. The van der Waals surface area contributed by atoms with E-state index in [0.717, 1.165) is 27.5 Å². The quantitative estimate of drug-likeness (QED) is 0.517. The Morgan fingerprint density at radius 1 is 1.20 bits per heavy atom. The van der Waals surface area contributed by atoms with Gasteiger partial charge in [0.1, 0.15) is 5.75 Å². The first-order valence-corrected chi connectivity index (χ1v) is 8.82. The summed E-state index contributed by atoms with van der Waals surface area (Å²) in [5, 5.41) is 9.56. The SMILES string of the molecule is COc1ccc2nc(SCc3nnc(-c4cccc(Cl)c4)o3)[nH]c2c1. The van der Waals surface area contributed by atoms with Gasteiger partial charge >= 0.3 is 0 Å². The van der Waals surface area contributed by atoms with Crippen LogP contribution in [0.5, 0.6) is 5.75 Å². The molecule has 0 atom stereocenters. The summed E-state index contributed by atoms with van der Waals surface area (Å²) in [5.41, 5.74) is 2.60. The average molecular weight is 373 g/mol. The topological polar surface area (TPSA) is 76.8 Å². The second kappa shape index (κ2) is 6.78. The maximum absolute atomic E-state index is 5.99. The predicted octanol–water partition coefficient (Wildman–Crippen LogP) is 4.57. The van der Waals surface area contributed by atoms with Crippen LogP contribution in [0.15, 0.2) is 52.0 Å². The zero-order valence-electron chi connectivity index (χ0n) is 13.2. The number of nitrogens with one attached hydrogen (secondary N) is 1. The fourth-order valence-electron chi connectivity index (χ4n) is 2.34. The largest absolute Gasteiger partial charge is 0.497 e. The highest BCUT2D eigenvalue weighted by molar-refractivity contribution is 7.98. The minimum Gasteiger partial charge on any atom is -0.497 e. The molecule has 0 amide bonds. The Hall–Kier alpha value is -2.51. The number of halogens is 1. The lowest BCUT2D eigenvalue weighted by molar-refractivity contribution is 0.415. The third-order valence-electron chi connectivity index (χ3n) is 3.54.